The van der Waals surface area contributed by atoms with E-state index in [-0.39, 0.29) is 18.4 Å². The molecule has 0 radical (unpaired) electrons. The maximum atomic E-state index is 11.5. The topological polar surface area (TPSA) is 49.4 Å². The summed E-state index contributed by atoms with van der Waals surface area (Å²) in [5.74, 6) is 0. The average molecular weight is 291 g/mol. The van der Waals surface area contributed by atoms with Crippen molar-refractivity contribution in [1.29, 1.82) is 0 Å². The lowest BCUT2D eigenvalue weighted by Crippen LogP contribution is -2.53. The average Bonchev–Trinajstić information content (AvgIpc) is 2.29. The summed E-state index contributed by atoms with van der Waals surface area (Å²) < 4.78 is 24.5. The van der Waals surface area contributed by atoms with E-state index in [1.54, 1.807) is 4.31 Å². The summed E-state index contributed by atoms with van der Waals surface area (Å²) in [6, 6.07) is 10.3. The Bertz CT molecular complexity index is 464. The van der Waals surface area contributed by atoms with Crippen LogP contribution in [0.5, 0.6) is 0 Å². The molecule has 1 aliphatic heterocycles. The molecule has 18 heavy (non-hydrogen) atoms. The van der Waals surface area contributed by atoms with Crippen LogP contribution in [0.4, 0.5) is 0 Å². The molecular formula is C12H19ClN2O2S. The number of hydrogen-bond donors (Lipinski definition) is 1. The highest BCUT2D eigenvalue weighted by Gasteiger charge is 2.25. The van der Waals surface area contributed by atoms with Gasteiger partial charge in [0.1, 0.15) is 0 Å². The van der Waals surface area contributed by atoms with Gasteiger partial charge in [-0.1, -0.05) is 30.3 Å². The molecule has 0 amide bonds. The Morgan fingerprint density at radius 3 is 2.61 bits per heavy atom. The molecule has 1 saturated heterocycles. The van der Waals surface area contributed by atoms with E-state index in [4.69, 9.17) is 0 Å². The van der Waals surface area contributed by atoms with Gasteiger partial charge in [-0.2, -0.15) is 4.31 Å². The van der Waals surface area contributed by atoms with Gasteiger partial charge in [-0.05, 0) is 12.0 Å². The van der Waals surface area contributed by atoms with Crippen LogP contribution in [0.2, 0.25) is 0 Å². The zero-order chi connectivity index (χ0) is 12.3. The summed E-state index contributed by atoms with van der Waals surface area (Å²) in [6.07, 6.45) is 2.14. The molecule has 0 saturated carbocycles. The third-order valence-corrected chi connectivity index (χ3v) is 4.28. The number of nitrogens with one attached hydrogen (secondary N) is 1. The van der Waals surface area contributed by atoms with Gasteiger partial charge in [0, 0.05) is 25.7 Å². The number of benzene rings is 1. The summed E-state index contributed by atoms with van der Waals surface area (Å²) in [4.78, 5) is 0. The molecule has 6 heteroatoms. The van der Waals surface area contributed by atoms with Crippen molar-refractivity contribution >= 4 is 22.4 Å². The van der Waals surface area contributed by atoms with E-state index in [0.29, 0.717) is 13.1 Å². The summed E-state index contributed by atoms with van der Waals surface area (Å²) in [5.41, 5.74) is 1.24. The van der Waals surface area contributed by atoms with Gasteiger partial charge in [-0.15, -0.1) is 12.4 Å². The van der Waals surface area contributed by atoms with Crippen molar-refractivity contribution in [3.05, 3.63) is 35.9 Å². The lowest BCUT2D eigenvalue weighted by atomic mass is 10.1. The largest absolute Gasteiger partial charge is 0.311 e. The molecule has 1 heterocycles. The maximum Gasteiger partial charge on any atom is 0.211 e. The first-order valence-corrected chi connectivity index (χ1v) is 7.63. The predicted octanol–water partition coefficient (Wildman–Crippen LogP) is 0.884. The molecule has 2 rings (SSSR count). The summed E-state index contributed by atoms with van der Waals surface area (Å²) in [7, 11) is -3.06. The number of rotatable bonds is 3. The summed E-state index contributed by atoms with van der Waals surface area (Å²) in [5, 5.41) is 3.36. The zero-order valence-corrected chi connectivity index (χ0v) is 12.0. The second-order valence-corrected chi connectivity index (χ2v) is 6.44. The minimum Gasteiger partial charge on any atom is -0.311 e. The van der Waals surface area contributed by atoms with Crippen molar-refractivity contribution in [1.82, 2.24) is 9.62 Å². The molecule has 0 bridgehead atoms. The van der Waals surface area contributed by atoms with Gasteiger partial charge in [0.05, 0.1) is 6.26 Å². The maximum absolute atomic E-state index is 11.5. The minimum atomic E-state index is -3.06. The molecule has 1 N–H and O–H groups in total. The molecule has 4 nitrogen and oxygen atoms in total. The van der Waals surface area contributed by atoms with Crippen molar-refractivity contribution in [2.45, 2.75) is 12.5 Å². The highest BCUT2D eigenvalue weighted by molar-refractivity contribution is 7.88. The minimum absolute atomic E-state index is 0. The van der Waals surface area contributed by atoms with E-state index >= 15 is 0 Å². The fourth-order valence-electron chi connectivity index (χ4n) is 2.13. The van der Waals surface area contributed by atoms with E-state index < -0.39 is 10.0 Å². The van der Waals surface area contributed by atoms with Gasteiger partial charge < -0.3 is 5.32 Å². The molecule has 0 aromatic heterocycles. The molecule has 0 spiro atoms. The molecule has 102 valence electrons. The number of nitrogens with zero attached hydrogens (tertiary/aromatic N) is 1. The molecule has 1 fully saturated rings. The fourth-order valence-corrected chi connectivity index (χ4v) is 3.01. The Morgan fingerprint density at radius 1 is 1.33 bits per heavy atom. The Balaban J connectivity index is 0.00000162. The first-order valence-electron chi connectivity index (χ1n) is 5.78. The van der Waals surface area contributed by atoms with Gasteiger partial charge in [0.25, 0.3) is 0 Å². The number of sulfonamides is 1. The normalized spacial score (nSPS) is 21.3. The van der Waals surface area contributed by atoms with Crippen LogP contribution >= 0.6 is 12.4 Å². The standard InChI is InChI=1S/C12H18N2O2S.ClH/c1-17(15,16)14-8-7-13-12(10-14)9-11-5-3-2-4-6-11;/h2-6,12-13H,7-10H2,1H3;1H/t12-;/m1./s1. The van der Waals surface area contributed by atoms with Crippen molar-refractivity contribution in [2.75, 3.05) is 25.9 Å². The van der Waals surface area contributed by atoms with Gasteiger partial charge in [-0.3, -0.25) is 0 Å². The van der Waals surface area contributed by atoms with Crippen molar-refractivity contribution in [2.24, 2.45) is 0 Å². The van der Waals surface area contributed by atoms with Gasteiger partial charge in [-0.25, -0.2) is 8.42 Å². The van der Waals surface area contributed by atoms with Crippen LogP contribution in [-0.4, -0.2) is 44.7 Å². The second kappa shape index (κ2) is 6.52. The van der Waals surface area contributed by atoms with Crippen molar-refractivity contribution < 1.29 is 8.42 Å². The molecular weight excluding hydrogens is 272 g/mol. The van der Waals surface area contributed by atoms with E-state index in [2.05, 4.69) is 17.4 Å². The van der Waals surface area contributed by atoms with Crippen LogP contribution in [0, 0.1) is 0 Å². The summed E-state index contributed by atoms with van der Waals surface area (Å²) in [6.45, 7) is 1.86. The Morgan fingerprint density at radius 2 is 2.00 bits per heavy atom. The molecule has 0 unspecified atom stereocenters. The molecule has 1 atom stereocenters. The molecule has 0 aliphatic carbocycles. The van der Waals surface area contributed by atoms with Crippen LogP contribution in [-0.2, 0) is 16.4 Å². The first kappa shape index (κ1) is 15.4. The third kappa shape index (κ3) is 4.24. The van der Waals surface area contributed by atoms with Gasteiger partial charge in [0.15, 0.2) is 0 Å². The zero-order valence-electron chi connectivity index (χ0n) is 10.4. The summed E-state index contributed by atoms with van der Waals surface area (Å²) >= 11 is 0. The number of hydrogen-bond acceptors (Lipinski definition) is 3. The van der Waals surface area contributed by atoms with E-state index in [9.17, 15) is 8.42 Å². The second-order valence-electron chi connectivity index (χ2n) is 4.46. The predicted molar refractivity (Wildman–Crippen MR) is 75.6 cm³/mol. The Hall–Kier alpha value is -0.620. The monoisotopic (exact) mass is 290 g/mol. The lowest BCUT2D eigenvalue weighted by molar-refractivity contribution is 0.298. The number of piperazine rings is 1. The quantitative estimate of drug-likeness (QED) is 0.899. The Kier molecular flexibility index (Phi) is 5.59. The molecule has 1 aromatic rings. The molecule has 1 aromatic carbocycles. The smallest absolute Gasteiger partial charge is 0.211 e. The van der Waals surface area contributed by atoms with Crippen molar-refractivity contribution in [3.8, 4) is 0 Å². The van der Waals surface area contributed by atoms with Crippen LogP contribution in [0.1, 0.15) is 5.56 Å². The van der Waals surface area contributed by atoms with Gasteiger partial charge in [0.2, 0.25) is 10.0 Å². The third-order valence-electron chi connectivity index (χ3n) is 3.01. The van der Waals surface area contributed by atoms with E-state index in [1.165, 1.54) is 11.8 Å². The van der Waals surface area contributed by atoms with Gasteiger partial charge >= 0.3 is 0 Å². The van der Waals surface area contributed by atoms with E-state index in [0.717, 1.165) is 13.0 Å². The van der Waals surface area contributed by atoms with Crippen LogP contribution < -0.4 is 5.32 Å². The van der Waals surface area contributed by atoms with Crippen LogP contribution in [0.15, 0.2) is 30.3 Å². The highest BCUT2D eigenvalue weighted by Crippen LogP contribution is 2.09. The van der Waals surface area contributed by atoms with Crippen LogP contribution in [0.25, 0.3) is 0 Å². The lowest BCUT2D eigenvalue weighted by Gasteiger charge is -2.32. The van der Waals surface area contributed by atoms with E-state index in [1.807, 2.05) is 18.2 Å². The fraction of sp³-hybridized carbons (Fsp3) is 0.500. The Labute approximate surface area is 115 Å². The SMILES string of the molecule is CS(=O)(=O)N1CCN[C@H](Cc2ccccc2)C1.Cl. The van der Waals surface area contributed by atoms with Crippen molar-refractivity contribution in [3.63, 3.8) is 0 Å². The number of halogens is 1. The first-order chi connectivity index (χ1) is 8.05. The highest BCUT2D eigenvalue weighted by atomic mass is 35.5. The molecule has 1 aliphatic rings. The van der Waals surface area contributed by atoms with Crippen LogP contribution in [0.3, 0.4) is 0 Å².